The van der Waals surface area contributed by atoms with Crippen molar-refractivity contribution in [2.75, 3.05) is 40.9 Å². The van der Waals surface area contributed by atoms with Crippen LogP contribution in [0.5, 0.6) is 0 Å². The second-order valence-electron chi connectivity index (χ2n) is 12.5. The summed E-state index contributed by atoms with van der Waals surface area (Å²) in [5.41, 5.74) is -0.775. The molecular weight excluding hydrogens is 513 g/mol. The summed E-state index contributed by atoms with van der Waals surface area (Å²) in [6.07, 6.45) is 25.3. The Morgan fingerprint density at radius 2 is 1.21 bits per heavy atom. The Kier molecular flexibility index (Phi) is 23.1. The number of likely N-dealkylation sites (N-methyl/N-ethyl adjacent to an activating group) is 1. The fraction of sp³-hybridized carbons (Fsp3) is 0.935. The van der Waals surface area contributed by atoms with Crippen molar-refractivity contribution in [2.45, 2.75) is 148 Å². The van der Waals surface area contributed by atoms with Crippen molar-refractivity contribution in [1.82, 2.24) is 0 Å². The molecule has 0 rings (SSSR count). The highest BCUT2D eigenvalue weighted by atomic mass is 31.2. The van der Waals surface area contributed by atoms with Crippen LogP contribution < -0.4 is 0 Å². The first-order valence-electron chi connectivity index (χ1n) is 15.9. The lowest BCUT2D eigenvalue weighted by Crippen LogP contribution is -2.50. The van der Waals surface area contributed by atoms with E-state index in [0.29, 0.717) is 23.9 Å². The van der Waals surface area contributed by atoms with Crippen molar-refractivity contribution in [3.63, 3.8) is 0 Å². The molecule has 39 heavy (non-hydrogen) atoms. The molecular formula is C31H65NO6P+. The molecule has 0 aromatic rings. The van der Waals surface area contributed by atoms with Crippen LogP contribution in [-0.2, 0) is 13.6 Å². The van der Waals surface area contributed by atoms with Crippen LogP contribution in [0.4, 0.5) is 0 Å². The lowest BCUT2D eigenvalue weighted by Gasteiger charge is -2.40. The van der Waals surface area contributed by atoms with Crippen LogP contribution in [0.1, 0.15) is 136 Å². The lowest BCUT2D eigenvalue weighted by atomic mass is 9.89. The van der Waals surface area contributed by atoms with E-state index in [0.717, 1.165) is 38.5 Å². The second kappa shape index (κ2) is 23.3. The van der Waals surface area contributed by atoms with Gasteiger partial charge in [-0.2, -0.15) is 0 Å². The standard InChI is InChI=1S/C31H64NO6P/c1-6-8-10-11-12-13-14-15-16-17-18-19-20-21-22-24-26-31(25-23-9-7-2,29-32(3,4)5)38-39(35,36)37-28-30(34)27-33/h15-16,30,33-34H,6-14,17-29H2,1-5H3/p+1/b16-15-. The Hall–Kier alpha value is -0.270. The number of aliphatic hydroxyl groups excluding tert-OH is 2. The molecule has 0 aliphatic rings. The summed E-state index contributed by atoms with van der Waals surface area (Å²) in [7, 11) is 1.81. The molecule has 3 atom stereocenters. The highest BCUT2D eigenvalue weighted by Gasteiger charge is 2.43. The first-order chi connectivity index (χ1) is 18.5. The molecule has 0 aliphatic heterocycles. The van der Waals surface area contributed by atoms with Crippen molar-refractivity contribution >= 4 is 7.82 Å². The maximum atomic E-state index is 12.8. The van der Waals surface area contributed by atoms with Crippen LogP contribution in [0, 0.1) is 0 Å². The summed E-state index contributed by atoms with van der Waals surface area (Å²) in [5.74, 6) is 0. The Morgan fingerprint density at radius 3 is 1.69 bits per heavy atom. The minimum atomic E-state index is -4.39. The van der Waals surface area contributed by atoms with E-state index < -0.39 is 32.7 Å². The summed E-state index contributed by atoms with van der Waals surface area (Å²) in [4.78, 5) is 10.5. The van der Waals surface area contributed by atoms with Gasteiger partial charge in [0.2, 0.25) is 0 Å². The van der Waals surface area contributed by atoms with Gasteiger partial charge in [0.05, 0.1) is 34.4 Å². The van der Waals surface area contributed by atoms with Crippen molar-refractivity contribution < 1.29 is 33.2 Å². The largest absolute Gasteiger partial charge is 0.473 e. The Morgan fingerprint density at radius 1 is 0.769 bits per heavy atom. The first kappa shape index (κ1) is 38.7. The summed E-state index contributed by atoms with van der Waals surface area (Å²) >= 11 is 0. The van der Waals surface area contributed by atoms with E-state index in [1.54, 1.807) is 0 Å². The molecule has 234 valence electrons. The summed E-state index contributed by atoms with van der Waals surface area (Å²) in [6.45, 7) is 4.03. The number of hydrogen-bond donors (Lipinski definition) is 3. The van der Waals surface area contributed by atoms with E-state index in [9.17, 15) is 14.6 Å². The van der Waals surface area contributed by atoms with Gasteiger partial charge in [-0.05, 0) is 38.5 Å². The smallest absolute Gasteiger partial charge is 0.394 e. The monoisotopic (exact) mass is 578 g/mol. The van der Waals surface area contributed by atoms with E-state index in [4.69, 9.17) is 14.2 Å². The minimum absolute atomic E-state index is 0.437. The molecule has 8 heteroatoms. The Balaban J connectivity index is 4.59. The number of hydrogen-bond acceptors (Lipinski definition) is 5. The number of phosphoric acid groups is 1. The quantitative estimate of drug-likeness (QED) is 0.0378. The van der Waals surface area contributed by atoms with Crippen LogP contribution >= 0.6 is 7.82 Å². The van der Waals surface area contributed by atoms with Gasteiger partial charge in [-0.15, -0.1) is 0 Å². The molecule has 0 aromatic carbocycles. The molecule has 0 radical (unpaired) electrons. The van der Waals surface area contributed by atoms with Gasteiger partial charge in [0.25, 0.3) is 0 Å². The summed E-state index contributed by atoms with van der Waals surface area (Å²) < 4.78 is 24.5. The zero-order valence-corrected chi connectivity index (χ0v) is 27.1. The van der Waals surface area contributed by atoms with E-state index >= 15 is 0 Å². The highest BCUT2D eigenvalue weighted by Crippen LogP contribution is 2.50. The van der Waals surface area contributed by atoms with Gasteiger partial charge < -0.3 is 19.6 Å². The number of nitrogens with zero attached hydrogens (tertiary/aromatic N) is 1. The van der Waals surface area contributed by atoms with Crippen molar-refractivity contribution in [3.05, 3.63) is 12.2 Å². The number of unbranched alkanes of at least 4 members (excludes halogenated alkanes) is 14. The third kappa shape index (κ3) is 24.1. The van der Waals surface area contributed by atoms with Crippen LogP contribution in [0.15, 0.2) is 12.2 Å². The molecule has 0 spiro atoms. The maximum Gasteiger partial charge on any atom is 0.473 e. The van der Waals surface area contributed by atoms with Crippen LogP contribution in [-0.4, -0.2) is 72.2 Å². The van der Waals surface area contributed by atoms with E-state index in [1.807, 2.05) is 0 Å². The molecule has 7 nitrogen and oxygen atoms in total. The number of aliphatic hydroxyl groups is 2. The van der Waals surface area contributed by atoms with Gasteiger partial charge in [-0.25, -0.2) is 4.57 Å². The SMILES string of the molecule is CCCCCCCC/C=C\CCCCCCCCC(CCCCC)(C[N+](C)(C)C)OP(=O)(O)OCC(O)CO. The third-order valence-corrected chi connectivity index (χ3v) is 8.19. The summed E-state index contributed by atoms with van der Waals surface area (Å²) in [5, 5.41) is 18.6. The average Bonchev–Trinajstić information content (AvgIpc) is 2.86. The zero-order valence-electron chi connectivity index (χ0n) is 26.2. The van der Waals surface area contributed by atoms with Gasteiger partial charge >= 0.3 is 7.82 Å². The fourth-order valence-electron chi connectivity index (χ4n) is 5.16. The molecule has 0 amide bonds. The predicted octanol–water partition coefficient (Wildman–Crippen LogP) is 7.93. The molecule has 0 saturated heterocycles. The normalized spacial score (nSPS) is 16.4. The Labute approximate surface area is 241 Å². The highest BCUT2D eigenvalue weighted by molar-refractivity contribution is 7.47. The maximum absolute atomic E-state index is 12.8. The van der Waals surface area contributed by atoms with Crippen molar-refractivity contribution in [1.29, 1.82) is 0 Å². The van der Waals surface area contributed by atoms with E-state index in [1.165, 1.54) is 70.6 Å². The number of phosphoric ester groups is 1. The molecule has 0 bridgehead atoms. The van der Waals surface area contributed by atoms with Crippen LogP contribution in [0.25, 0.3) is 0 Å². The van der Waals surface area contributed by atoms with E-state index in [2.05, 4.69) is 47.1 Å². The third-order valence-electron chi connectivity index (χ3n) is 7.09. The fourth-order valence-corrected chi connectivity index (χ4v) is 6.31. The average molecular weight is 579 g/mol. The molecule has 0 heterocycles. The van der Waals surface area contributed by atoms with Gasteiger partial charge in [0, 0.05) is 0 Å². The van der Waals surface area contributed by atoms with Crippen LogP contribution in [0.3, 0.4) is 0 Å². The molecule has 0 saturated carbocycles. The zero-order chi connectivity index (χ0) is 29.5. The molecule has 0 aliphatic carbocycles. The first-order valence-corrected chi connectivity index (χ1v) is 17.4. The number of rotatable bonds is 28. The number of quaternary nitrogens is 1. The Bertz CT molecular complexity index is 639. The topological polar surface area (TPSA) is 96.2 Å². The molecule has 0 fully saturated rings. The molecule has 3 unspecified atom stereocenters. The van der Waals surface area contributed by atoms with Crippen molar-refractivity contribution in [2.24, 2.45) is 0 Å². The van der Waals surface area contributed by atoms with E-state index in [-0.39, 0.29) is 0 Å². The number of allylic oxidation sites excluding steroid dienone is 2. The molecule has 0 aromatic heterocycles. The van der Waals surface area contributed by atoms with Gasteiger partial charge in [0.1, 0.15) is 18.2 Å². The van der Waals surface area contributed by atoms with Gasteiger partial charge in [-0.3, -0.25) is 9.05 Å². The minimum Gasteiger partial charge on any atom is -0.394 e. The van der Waals surface area contributed by atoms with Gasteiger partial charge in [0.15, 0.2) is 0 Å². The molecule has 3 N–H and O–H groups in total. The van der Waals surface area contributed by atoms with Gasteiger partial charge in [-0.1, -0.05) is 109 Å². The van der Waals surface area contributed by atoms with Crippen LogP contribution in [0.2, 0.25) is 0 Å². The summed E-state index contributed by atoms with van der Waals surface area (Å²) in [6, 6.07) is 0. The predicted molar refractivity (Wildman–Crippen MR) is 164 cm³/mol. The lowest BCUT2D eigenvalue weighted by molar-refractivity contribution is -0.876. The van der Waals surface area contributed by atoms with Crippen molar-refractivity contribution in [3.8, 4) is 0 Å². The second-order valence-corrected chi connectivity index (χ2v) is 13.8.